The minimum Gasteiger partial charge on any atom is -0.494 e. The molecule has 1 heterocycles. The van der Waals surface area contributed by atoms with Crippen LogP contribution in [0.4, 0.5) is 0 Å². The van der Waals surface area contributed by atoms with Gasteiger partial charge in [0.05, 0.1) is 12.9 Å². The molecule has 3 rings (SSSR count). The molecular weight excluding hydrogens is 342 g/mol. The van der Waals surface area contributed by atoms with Gasteiger partial charge in [0.1, 0.15) is 11.3 Å². The molecule has 0 unspecified atom stereocenters. The van der Waals surface area contributed by atoms with E-state index in [0.29, 0.717) is 6.61 Å². The van der Waals surface area contributed by atoms with Crippen molar-refractivity contribution in [1.82, 2.24) is 5.32 Å². The molecule has 0 spiro atoms. The van der Waals surface area contributed by atoms with E-state index in [1.807, 2.05) is 25.1 Å². The number of halogens is 1. The van der Waals surface area contributed by atoms with Gasteiger partial charge in [0.25, 0.3) is 0 Å². The summed E-state index contributed by atoms with van der Waals surface area (Å²) in [7, 11) is 0. The van der Waals surface area contributed by atoms with Crippen LogP contribution < -0.4 is 10.1 Å². The average molecular weight is 360 g/mol. The lowest BCUT2D eigenvalue weighted by molar-refractivity contribution is 0.335. The fourth-order valence-electron chi connectivity index (χ4n) is 2.43. The highest BCUT2D eigenvalue weighted by molar-refractivity contribution is 9.10. The molecule has 0 fully saturated rings. The smallest absolute Gasteiger partial charge is 0.134 e. The highest BCUT2D eigenvalue weighted by Gasteiger charge is 2.05. The molecule has 1 aromatic heterocycles. The summed E-state index contributed by atoms with van der Waals surface area (Å²) in [6.45, 7) is 4.21. The third-order valence-corrected chi connectivity index (χ3v) is 3.98. The second kappa shape index (κ2) is 6.99. The first kappa shape index (κ1) is 15.1. The average Bonchev–Trinajstić information content (AvgIpc) is 2.98. The number of hydrogen-bond donors (Lipinski definition) is 1. The van der Waals surface area contributed by atoms with E-state index in [2.05, 4.69) is 45.5 Å². The minimum atomic E-state index is 0.670. The van der Waals surface area contributed by atoms with Gasteiger partial charge in [-0.25, -0.2) is 0 Å². The molecule has 2 aromatic carbocycles. The van der Waals surface area contributed by atoms with Crippen molar-refractivity contribution in [3.8, 4) is 5.75 Å². The molecule has 0 amide bonds. The van der Waals surface area contributed by atoms with Gasteiger partial charge in [-0.3, -0.25) is 0 Å². The Morgan fingerprint density at radius 2 is 2.00 bits per heavy atom. The molecule has 0 saturated carbocycles. The fraction of sp³-hybridized carbons (Fsp3) is 0.222. The Balaban J connectivity index is 1.66. The van der Waals surface area contributed by atoms with Crippen molar-refractivity contribution in [3.05, 3.63) is 64.3 Å². The molecule has 0 aliphatic rings. The van der Waals surface area contributed by atoms with Crippen molar-refractivity contribution in [2.45, 2.75) is 20.0 Å². The molecule has 3 nitrogen and oxygen atoms in total. The van der Waals surface area contributed by atoms with E-state index in [9.17, 15) is 0 Å². The molecular formula is C18H18BrNO2. The predicted molar refractivity (Wildman–Crippen MR) is 92.1 cm³/mol. The molecule has 4 heteroatoms. The van der Waals surface area contributed by atoms with Crippen LogP contribution in [0.2, 0.25) is 0 Å². The molecule has 1 N–H and O–H groups in total. The van der Waals surface area contributed by atoms with Crippen molar-refractivity contribution in [2.24, 2.45) is 0 Å². The number of fused-ring (bicyclic) bond motifs is 1. The maximum atomic E-state index is 5.67. The zero-order chi connectivity index (χ0) is 15.4. The summed E-state index contributed by atoms with van der Waals surface area (Å²) in [6, 6.07) is 14.3. The lowest BCUT2D eigenvalue weighted by Crippen LogP contribution is -2.13. The molecule has 0 radical (unpaired) electrons. The van der Waals surface area contributed by atoms with E-state index in [0.717, 1.165) is 39.8 Å². The van der Waals surface area contributed by atoms with Crippen LogP contribution in [0.15, 0.2) is 57.6 Å². The summed E-state index contributed by atoms with van der Waals surface area (Å²) in [4.78, 5) is 0. The van der Waals surface area contributed by atoms with Gasteiger partial charge in [0, 0.05) is 28.5 Å². The largest absolute Gasteiger partial charge is 0.494 e. The first-order valence-electron chi connectivity index (χ1n) is 7.34. The van der Waals surface area contributed by atoms with Crippen LogP contribution in [0.5, 0.6) is 5.75 Å². The zero-order valence-corrected chi connectivity index (χ0v) is 14.0. The van der Waals surface area contributed by atoms with Crippen LogP contribution in [0, 0.1) is 0 Å². The maximum absolute atomic E-state index is 5.67. The van der Waals surface area contributed by atoms with Gasteiger partial charge >= 0.3 is 0 Å². The van der Waals surface area contributed by atoms with E-state index in [4.69, 9.17) is 9.15 Å². The predicted octanol–water partition coefficient (Wildman–Crippen LogP) is 4.88. The number of ether oxygens (including phenoxy) is 1. The number of rotatable bonds is 6. The van der Waals surface area contributed by atoms with Gasteiger partial charge in [0.15, 0.2) is 0 Å². The molecule has 0 aliphatic heterocycles. The second-order valence-corrected chi connectivity index (χ2v) is 6.00. The molecule has 3 aromatic rings. The van der Waals surface area contributed by atoms with Crippen molar-refractivity contribution < 1.29 is 9.15 Å². The molecule has 0 bridgehead atoms. The van der Waals surface area contributed by atoms with Gasteiger partial charge in [-0.1, -0.05) is 28.1 Å². The standard InChI is InChI=1S/C18H18BrNO2/c1-2-21-17-6-5-16(19)10-15(17)12-20-11-13-3-4-14-7-8-22-18(14)9-13/h3-10,20H,2,11-12H2,1H3. The van der Waals surface area contributed by atoms with Crippen molar-refractivity contribution in [1.29, 1.82) is 0 Å². The molecule has 0 aliphatic carbocycles. The summed E-state index contributed by atoms with van der Waals surface area (Å²) >= 11 is 3.51. The Bertz CT molecular complexity index is 767. The van der Waals surface area contributed by atoms with Gasteiger partial charge in [-0.15, -0.1) is 0 Å². The summed E-state index contributed by atoms with van der Waals surface area (Å²) in [6.07, 6.45) is 1.72. The molecule has 0 saturated heterocycles. The Labute approximate surface area is 138 Å². The summed E-state index contributed by atoms with van der Waals surface area (Å²) < 4.78 is 12.2. The zero-order valence-electron chi connectivity index (χ0n) is 12.4. The van der Waals surface area contributed by atoms with Crippen LogP contribution >= 0.6 is 15.9 Å². The van der Waals surface area contributed by atoms with Crippen LogP contribution in [0.3, 0.4) is 0 Å². The summed E-state index contributed by atoms with van der Waals surface area (Å²) in [5.74, 6) is 0.930. The first-order chi connectivity index (χ1) is 10.8. The molecule has 114 valence electrons. The Morgan fingerprint density at radius 3 is 2.86 bits per heavy atom. The quantitative estimate of drug-likeness (QED) is 0.680. The van der Waals surface area contributed by atoms with Crippen LogP contribution in [0.25, 0.3) is 11.0 Å². The van der Waals surface area contributed by atoms with E-state index in [1.54, 1.807) is 6.26 Å². The third-order valence-electron chi connectivity index (χ3n) is 3.49. The van der Waals surface area contributed by atoms with Crippen LogP contribution in [0.1, 0.15) is 18.1 Å². The number of hydrogen-bond acceptors (Lipinski definition) is 3. The second-order valence-electron chi connectivity index (χ2n) is 5.08. The van der Waals surface area contributed by atoms with Gasteiger partial charge in [0.2, 0.25) is 0 Å². The van der Waals surface area contributed by atoms with E-state index >= 15 is 0 Å². The van der Waals surface area contributed by atoms with Crippen molar-refractivity contribution in [2.75, 3.05) is 6.61 Å². The Kier molecular flexibility index (Phi) is 4.80. The third kappa shape index (κ3) is 3.51. The first-order valence-corrected chi connectivity index (χ1v) is 8.13. The lowest BCUT2D eigenvalue weighted by atomic mass is 10.1. The van der Waals surface area contributed by atoms with Gasteiger partial charge < -0.3 is 14.5 Å². The SMILES string of the molecule is CCOc1ccc(Br)cc1CNCc1ccc2ccoc2c1. The van der Waals surface area contributed by atoms with E-state index in [-0.39, 0.29) is 0 Å². The summed E-state index contributed by atoms with van der Waals surface area (Å²) in [5.41, 5.74) is 3.28. The van der Waals surface area contributed by atoms with E-state index < -0.39 is 0 Å². The van der Waals surface area contributed by atoms with Crippen molar-refractivity contribution >= 4 is 26.9 Å². The minimum absolute atomic E-state index is 0.670. The topological polar surface area (TPSA) is 34.4 Å². The highest BCUT2D eigenvalue weighted by atomic mass is 79.9. The summed E-state index contributed by atoms with van der Waals surface area (Å²) in [5, 5.41) is 4.59. The number of benzene rings is 2. The maximum Gasteiger partial charge on any atom is 0.134 e. The Morgan fingerprint density at radius 1 is 1.09 bits per heavy atom. The monoisotopic (exact) mass is 359 g/mol. The Hall–Kier alpha value is -1.78. The fourth-order valence-corrected chi connectivity index (χ4v) is 2.84. The van der Waals surface area contributed by atoms with Crippen molar-refractivity contribution in [3.63, 3.8) is 0 Å². The normalized spacial score (nSPS) is 11.0. The molecule has 22 heavy (non-hydrogen) atoms. The molecule has 0 atom stereocenters. The number of furan rings is 1. The lowest BCUT2D eigenvalue weighted by Gasteiger charge is -2.12. The number of nitrogens with one attached hydrogen (secondary N) is 1. The van der Waals surface area contributed by atoms with Crippen LogP contribution in [-0.4, -0.2) is 6.61 Å². The highest BCUT2D eigenvalue weighted by Crippen LogP contribution is 2.23. The van der Waals surface area contributed by atoms with Crippen LogP contribution in [-0.2, 0) is 13.1 Å². The van der Waals surface area contributed by atoms with Gasteiger partial charge in [-0.2, -0.15) is 0 Å². The van der Waals surface area contributed by atoms with E-state index in [1.165, 1.54) is 5.56 Å². The van der Waals surface area contributed by atoms with Gasteiger partial charge in [-0.05, 0) is 42.8 Å².